The molecule has 0 unspecified atom stereocenters. The van der Waals surface area contributed by atoms with Gasteiger partial charge < -0.3 is 14.8 Å². The molecule has 5 nitrogen and oxygen atoms in total. The smallest absolute Gasteiger partial charge is 0.338 e. The summed E-state index contributed by atoms with van der Waals surface area (Å²) in [4.78, 5) is 24.1. The SMILES string of the molecule is CCOC(=O)c1ccc(NC(=O)c2c(Cl)ccc(Cl)c2OC)cc1. The molecule has 2 aromatic carbocycles. The van der Waals surface area contributed by atoms with Crippen molar-refractivity contribution in [3.05, 3.63) is 57.6 Å². The van der Waals surface area contributed by atoms with Crippen LogP contribution >= 0.6 is 23.2 Å². The van der Waals surface area contributed by atoms with Gasteiger partial charge in [0.25, 0.3) is 5.91 Å². The van der Waals surface area contributed by atoms with Gasteiger partial charge in [-0.05, 0) is 43.3 Å². The molecule has 24 heavy (non-hydrogen) atoms. The fraction of sp³-hybridized carbons (Fsp3) is 0.176. The van der Waals surface area contributed by atoms with Crippen LogP contribution in [0.15, 0.2) is 36.4 Å². The van der Waals surface area contributed by atoms with Crippen molar-refractivity contribution >= 4 is 40.8 Å². The Morgan fingerprint density at radius 3 is 2.25 bits per heavy atom. The average molecular weight is 368 g/mol. The Morgan fingerprint density at radius 2 is 1.67 bits per heavy atom. The van der Waals surface area contributed by atoms with Gasteiger partial charge in [-0.3, -0.25) is 4.79 Å². The van der Waals surface area contributed by atoms with Gasteiger partial charge >= 0.3 is 5.97 Å². The van der Waals surface area contributed by atoms with Crippen LogP contribution in [-0.2, 0) is 4.74 Å². The van der Waals surface area contributed by atoms with Crippen molar-refractivity contribution < 1.29 is 19.1 Å². The summed E-state index contributed by atoms with van der Waals surface area (Å²) in [6, 6.07) is 9.37. The molecule has 0 spiro atoms. The van der Waals surface area contributed by atoms with Crippen molar-refractivity contribution in [2.24, 2.45) is 0 Å². The van der Waals surface area contributed by atoms with Crippen molar-refractivity contribution in [2.45, 2.75) is 6.92 Å². The van der Waals surface area contributed by atoms with Gasteiger partial charge in [0.2, 0.25) is 0 Å². The number of anilines is 1. The predicted octanol–water partition coefficient (Wildman–Crippen LogP) is 4.43. The van der Waals surface area contributed by atoms with Crippen LogP contribution in [0, 0.1) is 0 Å². The molecule has 0 aliphatic heterocycles. The first-order valence-corrected chi connectivity index (χ1v) is 7.84. The molecule has 2 rings (SSSR count). The molecule has 0 bridgehead atoms. The summed E-state index contributed by atoms with van der Waals surface area (Å²) < 4.78 is 10.1. The molecule has 0 atom stereocenters. The van der Waals surface area contributed by atoms with Gasteiger partial charge in [-0.15, -0.1) is 0 Å². The second-order valence-corrected chi connectivity index (χ2v) is 5.50. The summed E-state index contributed by atoms with van der Waals surface area (Å²) >= 11 is 12.1. The van der Waals surface area contributed by atoms with Crippen LogP contribution in [0.3, 0.4) is 0 Å². The van der Waals surface area contributed by atoms with E-state index in [1.807, 2.05) is 0 Å². The molecular formula is C17H15Cl2NO4. The van der Waals surface area contributed by atoms with E-state index >= 15 is 0 Å². The van der Waals surface area contributed by atoms with E-state index in [-0.39, 0.29) is 21.4 Å². The molecule has 1 amide bonds. The maximum absolute atomic E-state index is 12.5. The number of nitrogens with one attached hydrogen (secondary N) is 1. The Kier molecular flexibility index (Phi) is 6.06. The first kappa shape index (κ1) is 18.1. The highest BCUT2D eigenvalue weighted by molar-refractivity contribution is 6.37. The van der Waals surface area contributed by atoms with E-state index in [0.717, 1.165) is 0 Å². The van der Waals surface area contributed by atoms with Crippen molar-refractivity contribution in [1.29, 1.82) is 0 Å². The molecule has 126 valence electrons. The van der Waals surface area contributed by atoms with Gasteiger partial charge in [0.1, 0.15) is 5.56 Å². The lowest BCUT2D eigenvalue weighted by Crippen LogP contribution is -2.14. The van der Waals surface area contributed by atoms with Crippen LogP contribution < -0.4 is 10.1 Å². The van der Waals surface area contributed by atoms with Gasteiger partial charge in [0.05, 0.1) is 29.3 Å². The molecule has 0 saturated heterocycles. The van der Waals surface area contributed by atoms with E-state index < -0.39 is 11.9 Å². The quantitative estimate of drug-likeness (QED) is 0.793. The number of hydrogen-bond donors (Lipinski definition) is 1. The number of methoxy groups -OCH3 is 1. The van der Waals surface area contributed by atoms with E-state index in [2.05, 4.69) is 5.32 Å². The fourth-order valence-corrected chi connectivity index (χ4v) is 2.51. The minimum absolute atomic E-state index is 0.140. The highest BCUT2D eigenvalue weighted by Gasteiger charge is 2.19. The molecule has 0 aliphatic rings. The fourth-order valence-electron chi connectivity index (χ4n) is 2.04. The maximum atomic E-state index is 12.5. The number of halogens is 2. The molecule has 0 aromatic heterocycles. The van der Waals surface area contributed by atoms with Crippen molar-refractivity contribution in [2.75, 3.05) is 19.0 Å². The molecule has 1 N–H and O–H groups in total. The zero-order chi connectivity index (χ0) is 17.7. The zero-order valence-corrected chi connectivity index (χ0v) is 14.6. The molecule has 0 aliphatic carbocycles. The minimum atomic E-state index is -0.469. The zero-order valence-electron chi connectivity index (χ0n) is 13.1. The Balaban J connectivity index is 2.22. The van der Waals surface area contributed by atoms with Crippen LogP contribution in [0.1, 0.15) is 27.6 Å². The summed E-state index contributed by atoms with van der Waals surface area (Å²) in [6.07, 6.45) is 0. The Morgan fingerprint density at radius 1 is 1.04 bits per heavy atom. The van der Waals surface area contributed by atoms with Crippen molar-refractivity contribution in [3.63, 3.8) is 0 Å². The topological polar surface area (TPSA) is 64.6 Å². The number of rotatable bonds is 5. The third kappa shape index (κ3) is 3.99. The lowest BCUT2D eigenvalue weighted by molar-refractivity contribution is 0.0526. The van der Waals surface area contributed by atoms with Crippen LogP contribution in [0.2, 0.25) is 10.0 Å². The minimum Gasteiger partial charge on any atom is -0.494 e. The molecule has 0 radical (unpaired) electrons. The summed E-state index contributed by atoms with van der Waals surface area (Å²) in [6.45, 7) is 2.03. The Bertz CT molecular complexity index is 760. The molecule has 0 fully saturated rings. The van der Waals surface area contributed by atoms with Gasteiger partial charge in [-0.2, -0.15) is 0 Å². The number of amides is 1. The van der Waals surface area contributed by atoms with Crippen LogP contribution in [0.25, 0.3) is 0 Å². The first-order valence-electron chi connectivity index (χ1n) is 7.08. The number of benzene rings is 2. The normalized spacial score (nSPS) is 10.2. The first-order chi connectivity index (χ1) is 11.5. The molecule has 0 heterocycles. The molecular weight excluding hydrogens is 353 g/mol. The van der Waals surface area contributed by atoms with E-state index in [4.69, 9.17) is 32.7 Å². The number of hydrogen-bond acceptors (Lipinski definition) is 4. The third-order valence-electron chi connectivity index (χ3n) is 3.14. The second kappa shape index (κ2) is 8.04. The largest absolute Gasteiger partial charge is 0.494 e. The summed E-state index contributed by atoms with van der Waals surface area (Å²) in [5.74, 6) is -0.692. The lowest BCUT2D eigenvalue weighted by atomic mass is 10.1. The van der Waals surface area contributed by atoms with Gasteiger partial charge in [-0.25, -0.2) is 4.79 Å². The maximum Gasteiger partial charge on any atom is 0.338 e. The highest BCUT2D eigenvalue weighted by atomic mass is 35.5. The van der Waals surface area contributed by atoms with Gasteiger partial charge in [0.15, 0.2) is 5.75 Å². The molecule has 7 heteroatoms. The number of ether oxygens (including phenoxy) is 2. The number of esters is 1. The molecule has 0 saturated carbocycles. The highest BCUT2D eigenvalue weighted by Crippen LogP contribution is 2.34. The number of carbonyl (C=O) groups is 2. The molecule has 2 aromatic rings. The average Bonchev–Trinajstić information content (AvgIpc) is 2.57. The van der Waals surface area contributed by atoms with E-state index in [9.17, 15) is 9.59 Å². The monoisotopic (exact) mass is 367 g/mol. The Labute approximate surface area is 149 Å². The van der Waals surface area contributed by atoms with E-state index in [0.29, 0.717) is 17.9 Å². The van der Waals surface area contributed by atoms with Crippen LogP contribution in [-0.4, -0.2) is 25.6 Å². The van der Waals surface area contributed by atoms with Gasteiger partial charge in [0, 0.05) is 5.69 Å². The predicted molar refractivity (Wildman–Crippen MR) is 93.4 cm³/mol. The van der Waals surface area contributed by atoms with Crippen LogP contribution in [0.5, 0.6) is 5.75 Å². The Hall–Kier alpha value is -2.24. The number of carbonyl (C=O) groups excluding carboxylic acids is 2. The van der Waals surface area contributed by atoms with Crippen molar-refractivity contribution in [3.8, 4) is 5.75 Å². The van der Waals surface area contributed by atoms with Crippen LogP contribution in [0.4, 0.5) is 5.69 Å². The summed E-state index contributed by atoms with van der Waals surface area (Å²) in [5, 5.41) is 3.19. The standard InChI is InChI=1S/C17H15Cl2NO4/c1-3-24-17(22)10-4-6-11(7-5-10)20-16(21)14-12(18)8-9-13(19)15(14)23-2/h4-9H,3H2,1-2H3,(H,20,21). The van der Waals surface area contributed by atoms with Crippen molar-refractivity contribution in [1.82, 2.24) is 0 Å². The third-order valence-corrected chi connectivity index (χ3v) is 3.76. The summed E-state index contributed by atoms with van der Waals surface area (Å²) in [5.41, 5.74) is 1.03. The lowest BCUT2D eigenvalue weighted by Gasteiger charge is -2.12. The van der Waals surface area contributed by atoms with Gasteiger partial charge in [-0.1, -0.05) is 23.2 Å². The second-order valence-electron chi connectivity index (χ2n) is 4.69. The van der Waals surface area contributed by atoms with E-state index in [1.165, 1.54) is 13.2 Å². The summed E-state index contributed by atoms with van der Waals surface area (Å²) in [7, 11) is 1.41. The van der Waals surface area contributed by atoms with E-state index in [1.54, 1.807) is 37.3 Å².